The van der Waals surface area contributed by atoms with Crippen LogP contribution in [0.2, 0.25) is 0 Å². The van der Waals surface area contributed by atoms with E-state index in [0.717, 1.165) is 0 Å². The molecule has 6 unspecified atom stereocenters. The molecule has 2 saturated heterocycles. The van der Waals surface area contributed by atoms with E-state index in [-0.39, 0.29) is 40.3 Å². The van der Waals surface area contributed by atoms with Crippen LogP contribution in [0.15, 0.2) is 34.9 Å². The lowest BCUT2D eigenvalue weighted by Gasteiger charge is -2.46. The number of carboxylic acid groups (broad SMARTS) is 2. The number of anilines is 1. The molecule has 0 bridgehead atoms. The zero-order valence-electron chi connectivity index (χ0n) is 19.0. The monoisotopic (exact) mass is 489 g/mol. The molecule has 4 N–H and O–H groups in total. The third-order valence-corrected chi connectivity index (χ3v) is 8.29. The van der Waals surface area contributed by atoms with Gasteiger partial charge < -0.3 is 25.5 Å². The Balaban J connectivity index is 1.47. The van der Waals surface area contributed by atoms with E-state index in [1.165, 1.54) is 28.8 Å². The molecule has 2 amide bonds. The van der Waals surface area contributed by atoms with E-state index in [4.69, 9.17) is 5.11 Å². The van der Waals surface area contributed by atoms with Gasteiger partial charge in [0.1, 0.15) is 5.70 Å². The number of carboxylic acids is 2. The van der Waals surface area contributed by atoms with Crippen molar-refractivity contribution in [3.63, 3.8) is 0 Å². The first-order valence-electron chi connectivity index (χ1n) is 11.0. The van der Waals surface area contributed by atoms with Crippen LogP contribution < -0.4 is 5.32 Å². The van der Waals surface area contributed by atoms with E-state index >= 15 is 0 Å². The number of benzene rings is 1. The number of rotatable bonds is 7. The molecule has 11 heteroatoms. The molecule has 1 aromatic carbocycles. The molecule has 0 aliphatic carbocycles. The zero-order chi connectivity index (χ0) is 24.9. The molecular weight excluding hydrogens is 462 g/mol. The summed E-state index contributed by atoms with van der Waals surface area (Å²) in [5.41, 5.74) is 0.441. The van der Waals surface area contributed by atoms with E-state index in [9.17, 15) is 29.4 Å². The highest BCUT2D eigenvalue weighted by Gasteiger charge is 2.60. The minimum Gasteiger partial charge on any atom is -0.478 e. The van der Waals surface area contributed by atoms with E-state index in [0.29, 0.717) is 23.6 Å². The summed E-state index contributed by atoms with van der Waals surface area (Å²) in [6, 6.07) is 5.17. The Labute approximate surface area is 200 Å². The predicted molar refractivity (Wildman–Crippen MR) is 124 cm³/mol. The molecule has 3 aliphatic rings. The number of thioether (sulfide) groups is 1. The maximum Gasteiger partial charge on any atom is 0.353 e. The molecule has 3 aliphatic heterocycles. The first-order valence-corrected chi connectivity index (χ1v) is 11.9. The number of carbonyl (C=O) groups excluding carboxylic acids is 2. The predicted octanol–water partition coefficient (Wildman–Crippen LogP) is 1.28. The van der Waals surface area contributed by atoms with Crippen molar-refractivity contribution in [2.45, 2.75) is 43.7 Å². The zero-order valence-corrected chi connectivity index (χ0v) is 19.8. The third kappa shape index (κ3) is 4.08. The molecule has 2 fully saturated rings. The van der Waals surface area contributed by atoms with Gasteiger partial charge in [-0.05, 0) is 38.6 Å². The van der Waals surface area contributed by atoms with Crippen LogP contribution in [-0.4, -0.2) is 85.9 Å². The minimum atomic E-state index is -1.17. The Morgan fingerprint density at radius 3 is 2.53 bits per heavy atom. The number of aliphatic hydroxyl groups excluding tert-OH is 1. The van der Waals surface area contributed by atoms with Crippen LogP contribution in [0.1, 0.15) is 30.6 Å². The molecule has 0 spiro atoms. The maximum absolute atomic E-state index is 12.9. The molecule has 0 radical (unpaired) electrons. The summed E-state index contributed by atoms with van der Waals surface area (Å²) in [5, 5.41) is 31.7. The fourth-order valence-electron chi connectivity index (χ4n) is 5.16. The molecule has 10 nitrogen and oxygen atoms in total. The number of β-lactam (4-membered cyclic amide) rings is 1. The SMILES string of the molecule is CC(O)C1C(=O)N2C(C(=O)O)=C(SC3CC(C(=O)Nc4cccc(C(=O)O)c4)N(C)C3)C(C)C12. The van der Waals surface area contributed by atoms with Crippen LogP contribution in [0, 0.1) is 11.8 Å². The van der Waals surface area contributed by atoms with Crippen molar-refractivity contribution in [2.75, 3.05) is 18.9 Å². The number of nitrogens with zero attached hydrogens (tertiary/aromatic N) is 2. The number of carbonyl (C=O) groups is 4. The quantitative estimate of drug-likeness (QED) is 0.416. The molecule has 34 heavy (non-hydrogen) atoms. The highest BCUT2D eigenvalue weighted by Crippen LogP contribution is 2.52. The number of aromatic carboxylic acids is 1. The van der Waals surface area contributed by atoms with Crippen molar-refractivity contribution >= 4 is 41.2 Å². The summed E-state index contributed by atoms with van der Waals surface area (Å²) in [7, 11) is 1.81. The number of likely N-dealkylation sites (tertiary alicyclic amines) is 1. The van der Waals surface area contributed by atoms with Crippen molar-refractivity contribution in [1.82, 2.24) is 9.80 Å². The molecule has 4 rings (SSSR count). The minimum absolute atomic E-state index is 0.0227. The first kappa shape index (κ1) is 24.2. The van der Waals surface area contributed by atoms with Crippen molar-refractivity contribution in [2.24, 2.45) is 11.8 Å². The van der Waals surface area contributed by atoms with Crippen molar-refractivity contribution < 1.29 is 34.5 Å². The normalized spacial score (nSPS) is 29.6. The van der Waals surface area contributed by atoms with Crippen LogP contribution >= 0.6 is 11.8 Å². The second-order valence-corrected chi connectivity index (χ2v) is 10.4. The number of amides is 2. The van der Waals surface area contributed by atoms with Gasteiger partial charge in [-0.3, -0.25) is 14.5 Å². The van der Waals surface area contributed by atoms with Crippen molar-refractivity contribution in [3.05, 3.63) is 40.4 Å². The summed E-state index contributed by atoms with van der Waals surface area (Å²) in [5.74, 6) is -3.75. The molecule has 182 valence electrons. The van der Waals surface area contributed by atoms with Gasteiger partial charge in [-0.2, -0.15) is 0 Å². The van der Waals surface area contributed by atoms with Gasteiger partial charge in [-0.25, -0.2) is 9.59 Å². The fraction of sp³-hybridized carbons (Fsp3) is 0.478. The van der Waals surface area contributed by atoms with Gasteiger partial charge in [-0.1, -0.05) is 13.0 Å². The van der Waals surface area contributed by atoms with E-state index in [1.54, 1.807) is 19.1 Å². The van der Waals surface area contributed by atoms with Crippen LogP contribution in [0.25, 0.3) is 0 Å². The molecule has 6 atom stereocenters. The lowest BCUT2D eigenvalue weighted by Crippen LogP contribution is -2.63. The van der Waals surface area contributed by atoms with E-state index < -0.39 is 30.0 Å². The van der Waals surface area contributed by atoms with Gasteiger partial charge in [-0.15, -0.1) is 11.8 Å². The molecule has 1 aromatic rings. The lowest BCUT2D eigenvalue weighted by atomic mass is 9.79. The van der Waals surface area contributed by atoms with E-state index in [2.05, 4.69) is 5.32 Å². The van der Waals surface area contributed by atoms with Crippen LogP contribution in [-0.2, 0) is 14.4 Å². The largest absolute Gasteiger partial charge is 0.478 e. The second kappa shape index (κ2) is 9.05. The smallest absolute Gasteiger partial charge is 0.353 e. The van der Waals surface area contributed by atoms with Gasteiger partial charge >= 0.3 is 11.9 Å². The first-order chi connectivity index (χ1) is 16.0. The lowest BCUT2D eigenvalue weighted by molar-refractivity contribution is -0.163. The van der Waals surface area contributed by atoms with Gasteiger partial charge in [0.25, 0.3) is 0 Å². The van der Waals surface area contributed by atoms with Crippen LogP contribution in [0.4, 0.5) is 5.69 Å². The number of fused-ring (bicyclic) bond motifs is 1. The fourth-order valence-corrected chi connectivity index (χ4v) is 6.76. The number of aliphatic hydroxyl groups is 1. The third-order valence-electron chi connectivity index (χ3n) is 6.79. The number of hydrogen-bond acceptors (Lipinski definition) is 7. The number of hydrogen-bond donors (Lipinski definition) is 4. The summed E-state index contributed by atoms with van der Waals surface area (Å²) in [6.07, 6.45) is -0.395. The Bertz CT molecular complexity index is 1090. The molecule has 0 aromatic heterocycles. The van der Waals surface area contributed by atoms with E-state index in [1.807, 2.05) is 18.9 Å². The Morgan fingerprint density at radius 2 is 1.91 bits per heavy atom. The van der Waals surface area contributed by atoms with Gasteiger partial charge in [0.15, 0.2) is 0 Å². The summed E-state index contributed by atoms with van der Waals surface area (Å²) >= 11 is 1.38. The Hall–Kier alpha value is -2.89. The summed E-state index contributed by atoms with van der Waals surface area (Å²) in [4.78, 5) is 52.4. The van der Waals surface area contributed by atoms with Gasteiger partial charge in [0, 0.05) is 28.3 Å². The van der Waals surface area contributed by atoms with Gasteiger partial charge in [0.2, 0.25) is 11.8 Å². The standard InChI is InChI=1S/C23H27N3O7S/c1-10-17-16(11(2)27)21(29)26(17)18(23(32)33)19(10)34-14-8-15(25(3)9-14)20(28)24-13-6-4-5-12(7-13)22(30)31/h4-7,10-11,14-17,27H,8-9H2,1-3H3,(H,24,28)(H,30,31)(H,32,33). The highest BCUT2D eigenvalue weighted by molar-refractivity contribution is 8.03. The molecule has 3 heterocycles. The van der Waals surface area contributed by atoms with Crippen LogP contribution in [0.3, 0.4) is 0 Å². The van der Waals surface area contributed by atoms with Crippen molar-refractivity contribution in [1.29, 1.82) is 0 Å². The summed E-state index contributed by atoms with van der Waals surface area (Å²) in [6.45, 7) is 3.95. The molecule has 0 saturated carbocycles. The average molecular weight is 490 g/mol. The number of nitrogens with one attached hydrogen (secondary N) is 1. The average Bonchev–Trinajstić information content (AvgIpc) is 3.24. The Morgan fingerprint density at radius 1 is 1.21 bits per heavy atom. The Kier molecular flexibility index (Phi) is 6.45. The van der Waals surface area contributed by atoms with Gasteiger partial charge in [0.05, 0.1) is 29.7 Å². The van der Waals surface area contributed by atoms with Crippen LogP contribution in [0.5, 0.6) is 0 Å². The maximum atomic E-state index is 12.9. The van der Waals surface area contributed by atoms with Crippen molar-refractivity contribution in [3.8, 4) is 0 Å². The number of aliphatic carboxylic acids is 1. The topological polar surface area (TPSA) is 147 Å². The second-order valence-electron chi connectivity index (χ2n) is 9.08. The summed E-state index contributed by atoms with van der Waals surface area (Å²) < 4.78 is 0. The molecular formula is C23H27N3O7S. The highest BCUT2D eigenvalue weighted by atomic mass is 32.2. The number of likely N-dealkylation sites (N-methyl/N-ethyl adjacent to an activating group) is 1.